The van der Waals surface area contributed by atoms with Gasteiger partial charge >= 0.3 is 0 Å². The Balaban J connectivity index is 1.74. The molecule has 2 N–H and O–H groups in total. The lowest BCUT2D eigenvalue weighted by atomic mass is 10.0. The van der Waals surface area contributed by atoms with Crippen LogP contribution in [0.2, 0.25) is 0 Å². The molecule has 182 valence electrons. The van der Waals surface area contributed by atoms with Gasteiger partial charge in [-0.15, -0.1) is 0 Å². The van der Waals surface area contributed by atoms with Crippen molar-refractivity contribution in [2.45, 2.75) is 6.42 Å². The molecule has 0 saturated carbocycles. The van der Waals surface area contributed by atoms with Gasteiger partial charge in [-0.2, -0.15) is 0 Å². The molecule has 0 aliphatic carbocycles. The second-order valence-electron chi connectivity index (χ2n) is 8.73. The third-order valence-electron chi connectivity index (χ3n) is 5.72. The summed E-state index contributed by atoms with van der Waals surface area (Å²) in [5.74, 6) is 0.0505. The number of aromatic nitrogens is 1. The Hall–Kier alpha value is -3.62. The molecule has 4 aromatic rings. The summed E-state index contributed by atoms with van der Waals surface area (Å²) in [4.78, 5) is 9.95. The molecule has 0 aliphatic rings. The number of hydrogen-bond acceptors (Lipinski definition) is 5. The van der Waals surface area contributed by atoms with Gasteiger partial charge in [-0.05, 0) is 57.4 Å². The summed E-state index contributed by atoms with van der Waals surface area (Å²) in [6.45, 7) is 1.20. The van der Waals surface area contributed by atoms with Gasteiger partial charge in [0.05, 0.1) is 28.9 Å². The molecule has 0 atom stereocenters. The van der Waals surface area contributed by atoms with E-state index in [-0.39, 0.29) is 5.88 Å². The largest absolute Gasteiger partial charge is 0.494 e. The molecule has 0 radical (unpaired) electrons. The first-order chi connectivity index (χ1) is 16.7. The summed E-state index contributed by atoms with van der Waals surface area (Å²) in [6.07, 6.45) is 1.94. The molecule has 0 saturated heterocycles. The standard InChI is InChI=1S/C27H30N4O3S/c1-30(2)18-9-19-31(35(3,33)34)22-16-14-21(15-17-22)28-26(20-10-5-4-6-11-20)25-23-12-7-8-13-24(23)29-27(25)32/h4-8,10-17,29,32H,9,18-19H2,1-3H3. The van der Waals surface area contributed by atoms with E-state index in [2.05, 4.69) is 4.98 Å². The van der Waals surface area contributed by atoms with Crippen molar-refractivity contribution in [2.75, 3.05) is 37.7 Å². The van der Waals surface area contributed by atoms with Crippen molar-refractivity contribution in [1.82, 2.24) is 9.88 Å². The van der Waals surface area contributed by atoms with Crippen LogP contribution in [0.4, 0.5) is 11.4 Å². The van der Waals surface area contributed by atoms with Gasteiger partial charge in [0, 0.05) is 23.0 Å². The van der Waals surface area contributed by atoms with Crippen molar-refractivity contribution in [3.05, 3.63) is 90.0 Å². The Kier molecular flexibility index (Phi) is 7.23. The van der Waals surface area contributed by atoms with Crippen molar-refractivity contribution >= 4 is 38.0 Å². The Morgan fingerprint density at radius 2 is 1.57 bits per heavy atom. The van der Waals surface area contributed by atoms with Gasteiger partial charge in [-0.25, -0.2) is 13.4 Å². The van der Waals surface area contributed by atoms with Crippen molar-refractivity contribution in [3.8, 4) is 5.88 Å². The Morgan fingerprint density at radius 3 is 2.23 bits per heavy atom. The lowest BCUT2D eigenvalue weighted by molar-refractivity contribution is 0.403. The number of aromatic amines is 1. The first-order valence-electron chi connectivity index (χ1n) is 11.4. The van der Waals surface area contributed by atoms with E-state index < -0.39 is 10.0 Å². The van der Waals surface area contributed by atoms with E-state index in [9.17, 15) is 13.5 Å². The van der Waals surface area contributed by atoms with E-state index in [4.69, 9.17) is 4.99 Å². The number of nitrogens with one attached hydrogen (secondary N) is 1. The zero-order valence-corrected chi connectivity index (χ0v) is 21.0. The second-order valence-corrected chi connectivity index (χ2v) is 10.6. The quantitative estimate of drug-likeness (QED) is 0.331. The molecule has 0 amide bonds. The number of para-hydroxylation sites is 1. The van der Waals surface area contributed by atoms with Crippen LogP contribution in [-0.2, 0) is 10.0 Å². The van der Waals surface area contributed by atoms with Gasteiger partial charge in [0.1, 0.15) is 0 Å². The Bertz CT molecular complexity index is 1430. The summed E-state index contributed by atoms with van der Waals surface area (Å²) in [5.41, 5.74) is 4.18. The number of nitrogens with zero attached hydrogens (tertiary/aromatic N) is 3. The van der Waals surface area contributed by atoms with Gasteiger partial charge < -0.3 is 15.0 Å². The number of anilines is 1. The Morgan fingerprint density at radius 1 is 0.914 bits per heavy atom. The SMILES string of the molecule is CN(C)CCCN(c1ccc(N=C(c2ccccc2)c2c(O)[nH]c3ccccc23)cc1)S(C)(=O)=O. The van der Waals surface area contributed by atoms with E-state index in [0.717, 1.165) is 29.4 Å². The van der Waals surface area contributed by atoms with Crippen LogP contribution in [0.15, 0.2) is 83.9 Å². The zero-order valence-electron chi connectivity index (χ0n) is 20.1. The number of rotatable bonds is 9. The molecule has 3 aromatic carbocycles. The molecule has 8 heteroatoms. The first kappa shape index (κ1) is 24.5. The smallest absolute Gasteiger partial charge is 0.232 e. The molecule has 7 nitrogen and oxygen atoms in total. The summed E-state index contributed by atoms with van der Waals surface area (Å²) < 4.78 is 26.3. The van der Waals surface area contributed by atoms with E-state index in [0.29, 0.717) is 29.2 Å². The van der Waals surface area contributed by atoms with Crippen LogP contribution < -0.4 is 4.31 Å². The molecule has 1 aromatic heterocycles. The topological polar surface area (TPSA) is 89.0 Å². The minimum absolute atomic E-state index is 0.0505. The van der Waals surface area contributed by atoms with E-state index in [1.807, 2.05) is 73.6 Å². The highest BCUT2D eigenvalue weighted by molar-refractivity contribution is 7.92. The molecule has 4 rings (SSSR count). The van der Waals surface area contributed by atoms with Crippen molar-refractivity contribution in [1.29, 1.82) is 0 Å². The van der Waals surface area contributed by atoms with Gasteiger partial charge in [-0.3, -0.25) is 4.31 Å². The van der Waals surface area contributed by atoms with Crippen molar-refractivity contribution in [2.24, 2.45) is 4.99 Å². The average Bonchev–Trinajstić information content (AvgIpc) is 3.16. The van der Waals surface area contributed by atoms with Crippen molar-refractivity contribution in [3.63, 3.8) is 0 Å². The summed E-state index contributed by atoms with van der Waals surface area (Å²) in [7, 11) is 0.513. The normalized spacial score (nSPS) is 12.4. The van der Waals surface area contributed by atoms with E-state index in [1.165, 1.54) is 10.6 Å². The van der Waals surface area contributed by atoms with Crippen LogP contribution >= 0.6 is 0 Å². The number of aliphatic imine (C=N–C) groups is 1. The molecule has 0 unspecified atom stereocenters. The zero-order chi connectivity index (χ0) is 25.0. The van der Waals surface area contributed by atoms with Crippen LogP contribution in [0.3, 0.4) is 0 Å². The predicted molar refractivity (Wildman–Crippen MR) is 144 cm³/mol. The lowest BCUT2D eigenvalue weighted by Crippen LogP contribution is -2.32. The third-order valence-corrected chi connectivity index (χ3v) is 6.91. The monoisotopic (exact) mass is 490 g/mol. The molecular formula is C27H30N4O3S. The van der Waals surface area contributed by atoms with Crippen molar-refractivity contribution < 1.29 is 13.5 Å². The fraction of sp³-hybridized carbons (Fsp3) is 0.222. The summed E-state index contributed by atoms with van der Waals surface area (Å²) in [5, 5.41) is 11.6. The molecule has 0 aliphatic heterocycles. The average molecular weight is 491 g/mol. The van der Waals surface area contributed by atoms with Gasteiger partial charge in [0.25, 0.3) is 0 Å². The fourth-order valence-corrected chi connectivity index (χ4v) is 5.03. The highest BCUT2D eigenvalue weighted by Gasteiger charge is 2.19. The molecular weight excluding hydrogens is 460 g/mol. The summed E-state index contributed by atoms with van der Waals surface area (Å²) in [6, 6.07) is 24.5. The highest BCUT2D eigenvalue weighted by Crippen LogP contribution is 2.32. The minimum atomic E-state index is -3.42. The lowest BCUT2D eigenvalue weighted by Gasteiger charge is -2.23. The third kappa shape index (κ3) is 5.72. The van der Waals surface area contributed by atoms with Crippen LogP contribution in [0, 0.1) is 0 Å². The van der Waals surface area contributed by atoms with Crippen LogP contribution in [0.5, 0.6) is 5.88 Å². The second kappa shape index (κ2) is 10.3. The number of sulfonamides is 1. The maximum atomic E-state index is 12.4. The molecule has 0 spiro atoms. The predicted octanol–water partition coefficient (Wildman–Crippen LogP) is 4.76. The highest BCUT2D eigenvalue weighted by atomic mass is 32.2. The number of aromatic hydroxyl groups is 1. The molecule has 0 fully saturated rings. The number of benzene rings is 3. The molecule has 35 heavy (non-hydrogen) atoms. The number of hydrogen-bond donors (Lipinski definition) is 2. The maximum Gasteiger partial charge on any atom is 0.232 e. The van der Waals surface area contributed by atoms with Crippen LogP contribution in [-0.4, -0.2) is 62.6 Å². The minimum Gasteiger partial charge on any atom is -0.494 e. The fourth-order valence-electron chi connectivity index (χ4n) is 4.07. The molecule has 0 bridgehead atoms. The Labute approximate surface area is 206 Å². The molecule has 1 heterocycles. The number of fused-ring (bicyclic) bond motifs is 1. The first-order valence-corrected chi connectivity index (χ1v) is 13.3. The van der Waals surface area contributed by atoms with Gasteiger partial charge in [0.15, 0.2) is 5.88 Å². The van der Waals surface area contributed by atoms with Crippen LogP contribution in [0.25, 0.3) is 10.9 Å². The van der Waals surface area contributed by atoms with Gasteiger partial charge in [0.2, 0.25) is 10.0 Å². The summed E-state index contributed by atoms with van der Waals surface area (Å²) >= 11 is 0. The van der Waals surface area contributed by atoms with E-state index >= 15 is 0 Å². The maximum absolute atomic E-state index is 12.4. The number of H-pyrrole nitrogens is 1. The van der Waals surface area contributed by atoms with E-state index in [1.54, 1.807) is 24.3 Å². The van der Waals surface area contributed by atoms with Crippen LogP contribution in [0.1, 0.15) is 17.5 Å². The van der Waals surface area contributed by atoms with Gasteiger partial charge in [-0.1, -0.05) is 48.5 Å².